The van der Waals surface area contributed by atoms with Crippen LogP contribution in [0.5, 0.6) is 0 Å². The maximum Gasteiger partial charge on any atom is 0.338 e. The number of hydrogen-bond acceptors (Lipinski definition) is 2. The number of allylic oxidation sites excluding steroid dienone is 4. The molecule has 0 rings (SSSR count). The van der Waals surface area contributed by atoms with Gasteiger partial charge in [-0.3, -0.25) is 0 Å². The third-order valence-corrected chi connectivity index (χ3v) is 1.89. The molecular formula is C15H23FO2. The number of ether oxygens (including phenoxy) is 1. The van der Waals surface area contributed by atoms with E-state index in [2.05, 4.69) is 0 Å². The number of unbranched alkanes of at least 4 members (excludes halogenated alkanes) is 1. The molecule has 0 aliphatic carbocycles. The summed E-state index contributed by atoms with van der Waals surface area (Å²) >= 11 is 0. The highest BCUT2D eigenvalue weighted by Gasteiger charge is 2.17. The molecule has 0 aromatic carbocycles. The molecule has 0 saturated carbocycles. The summed E-state index contributed by atoms with van der Waals surface area (Å²) in [5, 5.41) is 0. The van der Waals surface area contributed by atoms with E-state index < -0.39 is 5.60 Å². The van der Waals surface area contributed by atoms with E-state index in [0.717, 1.165) is 12.8 Å². The van der Waals surface area contributed by atoms with Gasteiger partial charge in [-0.1, -0.05) is 25.5 Å². The summed E-state index contributed by atoms with van der Waals surface area (Å²) in [6.07, 6.45) is 7.94. The van der Waals surface area contributed by atoms with Gasteiger partial charge in [0, 0.05) is 0 Å². The van der Waals surface area contributed by atoms with Gasteiger partial charge in [0.05, 0.1) is 11.4 Å². The number of esters is 1. The number of rotatable bonds is 5. The van der Waals surface area contributed by atoms with Crippen LogP contribution in [0.25, 0.3) is 0 Å². The van der Waals surface area contributed by atoms with E-state index in [-0.39, 0.29) is 11.8 Å². The Kier molecular flexibility index (Phi) is 7.25. The third-order valence-electron chi connectivity index (χ3n) is 1.89. The highest BCUT2D eigenvalue weighted by molar-refractivity contribution is 5.91. The Labute approximate surface area is 109 Å². The van der Waals surface area contributed by atoms with Crippen molar-refractivity contribution in [1.29, 1.82) is 0 Å². The summed E-state index contributed by atoms with van der Waals surface area (Å²) in [6, 6.07) is 0. The predicted molar refractivity (Wildman–Crippen MR) is 72.8 cm³/mol. The van der Waals surface area contributed by atoms with E-state index in [1.54, 1.807) is 6.08 Å². The first-order chi connectivity index (χ1) is 8.26. The van der Waals surface area contributed by atoms with Crippen molar-refractivity contribution in [2.45, 2.75) is 53.1 Å². The molecular weight excluding hydrogens is 231 g/mol. The van der Waals surface area contributed by atoms with Crippen LogP contribution in [0.1, 0.15) is 47.5 Å². The minimum Gasteiger partial charge on any atom is -0.456 e. The largest absolute Gasteiger partial charge is 0.456 e. The van der Waals surface area contributed by atoms with Crippen molar-refractivity contribution in [2.75, 3.05) is 0 Å². The van der Waals surface area contributed by atoms with Gasteiger partial charge in [-0.2, -0.15) is 0 Å². The lowest BCUT2D eigenvalue weighted by atomic mass is 10.1. The van der Waals surface area contributed by atoms with Crippen LogP contribution in [0.15, 0.2) is 35.7 Å². The lowest BCUT2D eigenvalue weighted by molar-refractivity contribution is -0.149. The molecule has 0 unspecified atom stereocenters. The second kappa shape index (κ2) is 7.85. The number of carbonyl (C=O) groups is 1. The standard InChI is InChI=1S/C15H23FO2/c1-6-7-10-13(11-8-9-12(2)16)14(17)18-15(3,4)5/h8-11H,6-7H2,1-5H3/b11-8-,12-9+,13-10-. The minimum absolute atomic E-state index is 0.301. The smallest absolute Gasteiger partial charge is 0.338 e. The molecule has 0 N–H and O–H groups in total. The van der Waals surface area contributed by atoms with Gasteiger partial charge in [-0.15, -0.1) is 0 Å². The van der Waals surface area contributed by atoms with Gasteiger partial charge >= 0.3 is 5.97 Å². The van der Waals surface area contributed by atoms with Gasteiger partial charge in [0.1, 0.15) is 5.60 Å². The van der Waals surface area contributed by atoms with Crippen molar-refractivity contribution in [3.05, 3.63) is 35.7 Å². The van der Waals surface area contributed by atoms with Crippen molar-refractivity contribution in [3.63, 3.8) is 0 Å². The van der Waals surface area contributed by atoms with E-state index in [4.69, 9.17) is 4.74 Å². The molecule has 0 saturated heterocycles. The van der Waals surface area contributed by atoms with Crippen LogP contribution in [-0.4, -0.2) is 11.6 Å². The third kappa shape index (κ3) is 8.74. The first-order valence-corrected chi connectivity index (χ1v) is 6.20. The Morgan fingerprint density at radius 2 is 1.94 bits per heavy atom. The Hall–Kier alpha value is -1.38. The summed E-state index contributed by atoms with van der Waals surface area (Å²) < 4.78 is 17.8. The first kappa shape index (κ1) is 16.6. The summed E-state index contributed by atoms with van der Waals surface area (Å²) in [5.74, 6) is -0.678. The average molecular weight is 254 g/mol. The van der Waals surface area contributed by atoms with Crippen LogP contribution in [0.4, 0.5) is 4.39 Å². The van der Waals surface area contributed by atoms with E-state index in [1.807, 2.05) is 33.8 Å². The Morgan fingerprint density at radius 1 is 1.33 bits per heavy atom. The molecule has 0 amide bonds. The Bertz CT molecular complexity index is 353. The van der Waals surface area contributed by atoms with E-state index in [1.165, 1.54) is 19.1 Å². The van der Waals surface area contributed by atoms with Crippen LogP contribution < -0.4 is 0 Å². The average Bonchev–Trinajstić information content (AvgIpc) is 2.19. The lowest BCUT2D eigenvalue weighted by Crippen LogP contribution is -2.24. The van der Waals surface area contributed by atoms with Crippen molar-refractivity contribution < 1.29 is 13.9 Å². The van der Waals surface area contributed by atoms with Crippen LogP contribution in [0.3, 0.4) is 0 Å². The lowest BCUT2D eigenvalue weighted by Gasteiger charge is -2.19. The molecule has 2 nitrogen and oxygen atoms in total. The summed E-state index contributed by atoms with van der Waals surface area (Å²) in [7, 11) is 0. The molecule has 0 fully saturated rings. The molecule has 0 aromatic rings. The first-order valence-electron chi connectivity index (χ1n) is 6.20. The molecule has 3 heteroatoms. The van der Waals surface area contributed by atoms with Gasteiger partial charge < -0.3 is 4.74 Å². The fourth-order valence-corrected chi connectivity index (χ4v) is 1.14. The molecule has 102 valence electrons. The molecule has 0 aliphatic rings. The van der Waals surface area contributed by atoms with Gasteiger partial charge in [0.2, 0.25) is 0 Å². The summed E-state index contributed by atoms with van der Waals surface area (Å²) in [6.45, 7) is 8.83. The van der Waals surface area contributed by atoms with Gasteiger partial charge in [-0.25, -0.2) is 9.18 Å². The Balaban J connectivity index is 4.85. The van der Waals surface area contributed by atoms with E-state index in [9.17, 15) is 9.18 Å². The molecule has 0 aliphatic heterocycles. The zero-order valence-corrected chi connectivity index (χ0v) is 11.9. The molecule has 0 atom stereocenters. The molecule has 0 radical (unpaired) electrons. The fraction of sp³-hybridized carbons (Fsp3) is 0.533. The van der Waals surface area contributed by atoms with Crippen LogP contribution in [0, 0.1) is 0 Å². The van der Waals surface area contributed by atoms with Crippen molar-refractivity contribution in [2.24, 2.45) is 0 Å². The van der Waals surface area contributed by atoms with E-state index >= 15 is 0 Å². The molecule has 0 aromatic heterocycles. The number of halogens is 1. The van der Waals surface area contributed by atoms with E-state index in [0.29, 0.717) is 5.57 Å². The quantitative estimate of drug-likeness (QED) is 0.410. The second-order valence-electron chi connectivity index (χ2n) is 5.06. The SMILES string of the molecule is CCC/C=C(/C=C\C=C(/C)F)C(=O)OC(C)(C)C. The zero-order chi connectivity index (χ0) is 14.2. The molecule has 18 heavy (non-hydrogen) atoms. The summed E-state index contributed by atoms with van der Waals surface area (Å²) in [5.41, 5.74) is -0.0634. The maximum absolute atomic E-state index is 12.6. The summed E-state index contributed by atoms with van der Waals surface area (Å²) in [4.78, 5) is 11.9. The monoisotopic (exact) mass is 254 g/mol. The molecule has 0 bridgehead atoms. The normalized spacial score (nSPS) is 14.1. The minimum atomic E-state index is -0.526. The number of carbonyl (C=O) groups excluding carboxylic acids is 1. The number of hydrogen-bond donors (Lipinski definition) is 0. The van der Waals surface area contributed by atoms with Crippen LogP contribution in [0.2, 0.25) is 0 Å². The highest BCUT2D eigenvalue weighted by atomic mass is 19.1. The maximum atomic E-state index is 12.6. The zero-order valence-electron chi connectivity index (χ0n) is 11.9. The van der Waals surface area contributed by atoms with Gasteiger partial charge in [0.25, 0.3) is 0 Å². The highest BCUT2D eigenvalue weighted by Crippen LogP contribution is 2.13. The van der Waals surface area contributed by atoms with Gasteiger partial charge in [0.15, 0.2) is 0 Å². The predicted octanol–water partition coefficient (Wildman–Crippen LogP) is 4.48. The van der Waals surface area contributed by atoms with Crippen LogP contribution >= 0.6 is 0 Å². The molecule has 0 heterocycles. The Morgan fingerprint density at radius 3 is 2.39 bits per heavy atom. The van der Waals surface area contributed by atoms with Crippen LogP contribution in [-0.2, 0) is 9.53 Å². The van der Waals surface area contributed by atoms with Gasteiger partial charge in [-0.05, 0) is 46.3 Å². The fourth-order valence-electron chi connectivity index (χ4n) is 1.14. The van der Waals surface area contributed by atoms with Crippen molar-refractivity contribution in [1.82, 2.24) is 0 Å². The second-order valence-corrected chi connectivity index (χ2v) is 5.06. The molecule has 0 spiro atoms. The van der Waals surface area contributed by atoms with Crippen molar-refractivity contribution in [3.8, 4) is 0 Å². The topological polar surface area (TPSA) is 26.3 Å². The van der Waals surface area contributed by atoms with Crippen molar-refractivity contribution >= 4 is 5.97 Å².